The molecule has 1 amide bonds. The minimum absolute atomic E-state index is 0.0770. The number of hydrogen-bond donors (Lipinski definition) is 1. The number of nitrogens with one attached hydrogen (secondary N) is 1. The SMILES string of the molecule is CC(=O)c1ccccc1NC(=O)c1cc(Br)ccc1C. The molecule has 0 bridgehead atoms. The van der Waals surface area contributed by atoms with Gasteiger partial charge in [0.2, 0.25) is 0 Å². The number of anilines is 1. The zero-order chi connectivity index (χ0) is 14.7. The first-order valence-corrected chi connectivity index (χ1v) is 6.96. The van der Waals surface area contributed by atoms with Crippen LogP contribution in [0, 0.1) is 6.92 Å². The van der Waals surface area contributed by atoms with Crippen LogP contribution in [-0.2, 0) is 0 Å². The zero-order valence-corrected chi connectivity index (χ0v) is 12.8. The van der Waals surface area contributed by atoms with Gasteiger partial charge in [-0.2, -0.15) is 0 Å². The number of carbonyl (C=O) groups is 2. The van der Waals surface area contributed by atoms with Crippen molar-refractivity contribution in [1.82, 2.24) is 0 Å². The fraction of sp³-hybridized carbons (Fsp3) is 0.125. The van der Waals surface area contributed by atoms with E-state index < -0.39 is 0 Å². The van der Waals surface area contributed by atoms with E-state index in [2.05, 4.69) is 21.2 Å². The molecule has 3 nitrogen and oxygen atoms in total. The Labute approximate surface area is 126 Å². The zero-order valence-electron chi connectivity index (χ0n) is 11.2. The number of aryl methyl sites for hydroxylation is 1. The van der Waals surface area contributed by atoms with Crippen LogP contribution in [0.15, 0.2) is 46.9 Å². The van der Waals surface area contributed by atoms with E-state index in [4.69, 9.17) is 0 Å². The normalized spacial score (nSPS) is 10.2. The summed E-state index contributed by atoms with van der Waals surface area (Å²) in [7, 11) is 0. The molecule has 1 N–H and O–H groups in total. The number of amides is 1. The summed E-state index contributed by atoms with van der Waals surface area (Å²) in [6.07, 6.45) is 0. The topological polar surface area (TPSA) is 46.2 Å². The molecule has 0 aliphatic carbocycles. The molecule has 0 aromatic heterocycles. The van der Waals surface area contributed by atoms with E-state index in [9.17, 15) is 9.59 Å². The summed E-state index contributed by atoms with van der Waals surface area (Å²) in [4.78, 5) is 23.9. The molecule has 2 rings (SSSR count). The predicted molar refractivity (Wildman–Crippen MR) is 83.3 cm³/mol. The molecule has 102 valence electrons. The molecular formula is C16H14BrNO2. The van der Waals surface area contributed by atoms with Crippen molar-refractivity contribution in [3.05, 3.63) is 63.6 Å². The van der Waals surface area contributed by atoms with Crippen molar-refractivity contribution in [3.63, 3.8) is 0 Å². The molecule has 0 fully saturated rings. The highest BCUT2D eigenvalue weighted by molar-refractivity contribution is 9.10. The number of halogens is 1. The van der Waals surface area contributed by atoms with Crippen LogP contribution in [0.3, 0.4) is 0 Å². The number of benzene rings is 2. The number of para-hydroxylation sites is 1. The Morgan fingerprint density at radius 2 is 1.75 bits per heavy atom. The van der Waals surface area contributed by atoms with E-state index in [1.54, 1.807) is 30.3 Å². The Bertz CT molecular complexity index is 680. The lowest BCUT2D eigenvalue weighted by Gasteiger charge is -2.10. The van der Waals surface area contributed by atoms with Crippen LogP contribution in [0.25, 0.3) is 0 Å². The number of ketones is 1. The number of hydrogen-bond acceptors (Lipinski definition) is 2. The summed E-state index contributed by atoms with van der Waals surface area (Å²) in [6.45, 7) is 3.35. The smallest absolute Gasteiger partial charge is 0.255 e. The lowest BCUT2D eigenvalue weighted by atomic mass is 10.1. The van der Waals surface area contributed by atoms with E-state index in [-0.39, 0.29) is 11.7 Å². The summed E-state index contributed by atoms with van der Waals surface area (Å²) < 4.78 is 0.841. The molecule has 0 unspecified atom stereocenters. The maximum atomic E-state index is 12.3. The van der Waals surface area contributed by atoms with Crippen molar-refractivity contribution in [2.75, 3.05) is 5.32 Å². The number of rotatable bonds is 3. The molecular weight excluding hydrogens is 318 g/mol. The molecule has 0 spiro atoms. The van der Waals surface area contributed by atoms with Gasteiger partial charge in [-0.05, 0) is 43.7 Å². The molecule has 20 heavy (non-hydrogen) atoms. The number of Topliss-reactive ketones (excluding diaryl/α,β-unsaturated/α-hetero) is 1. The average molecular weight is 332 g/mol. The van der Waals surface area contributed by atoms with Gasteiger partial charge in [0.25, 0.3) is 5.91 Å². The van der Waals surface area contributed by atoms with Crippen LogP contribution in [0.5, 0.6) is 0 Å². The van der Waals surface area contributed by atoms with Gasteiger partial charge in [0, 0.05) is 15.6 Å². The van der Waals surface area contributed by atoms with E-state index in [0.29, 0.717) is 16.8 Å². The van der Waals surface area contributed by atoms with Crippen LogP contribution in [0.1, 0.15) is 33.2 Å². The highest BCUT2D eigenvalue weighted by Gasteiger charge is 2.13. The van der Waals surface area contributed by atoms with Gasteiger partial charge >= 0.3 is 0 Å². The molecule has 0 radical (unpaired) electrons. The molecule has 0 saturated heterocycles. The lowest BCUT2D eigenvalue weighted by Crippen LogP contribution is -2.15. The molecule has 0 aliphatic rings. The Balaban J connectivity index is 2.33. The summed E-state index contributed by atoms with van der Waals surface area (Å²) in [5.41, 5.74) is 2.50. The standard InChI is InChI=1S/C16H14BrNO2/c1-10-7-8-12(17)9-14(10)16(20)18-15-6-4-3-5-13(15)11(2)19/h3-9H,1-2H3,(H,18,20). The minimum atomic E-state index is -0.225. The lowest BCUT2D eigenvalue weighted by molar-refractivity contribution is 0.101. The van der Waals surface area contributed by atoms with Gasteiger partial charge in [0.1, 0.15) is 0 Å². The molecule has 0 aliphatic heterocycles. The van der Waals surface area contributed by atoms with Gasteiger partial charge in [-0.25, -0.2) is 0 Å². The maximum absolute atomic E-state index is 12.3. The highest BCUT2D eigenvalue weighted by atomic mass is 79.9. The Morgan fingerprint density at radius 3 is 2.45 bits per heavy atom. The fourth-order valence-corrected chi connectivity index (χ4v) is 2.29. The van der Waals surface area contributed by atoms with Gasteiger partial charge in [0.15, 0.2) is 5.78 Å². The molecule has 4 heteroatoms. The van der Waals surface area contributed by atoms with Gasteiger partial charge in [-0.3, -0.25) is 9.59 Å². The van der Waals surface area contributed by atoms with E-state index in [1.807, 2.05) is 19.1 Å². The van der Waals surface area contributed by atoms with E-state index >= 15 is 0 Å². The molecule has 0 heterocycles. The Hall–Kier alpha value is -1.94. The van der Waals surface area contributed by atoms with Crippen molar-refractivity contribution >= 4 is 33.3 Å². The largest absolute Gasteiger partial charge is 0.321 e. The summed E-state index contributed by atoms with van der Waals surface area (Å²) >= 11 is 3.35. The van der Waals surface area contributed by atoms with Gasteiger partial charge in [0.05, 0.1) is 5.69 Å². The minimum Gasteiger partial charge on any atom is -0.321 e. The van der Waals surface area contributed by atoms with Crippen molar-refractivity contribution in [2.24, 2.45) is 0 Å². The van der Waals surface area contributed by atoms with Crippen LogP contribution in [-0.4, -0.2) is 11.7 Å². The summed E-state index contributed by atoms with van der Waals surface area (Å²) in [5.74, 6) is -0.302. The molecule has 2 aromatic carbocycles. The summed E-state index contributed by atoms with van der Waals surface area (Å²) in [5, 5.41) is 2.80. The fourth-order valence-electron chi connectivity index (χ4n) is 1.93. The second-order valence-corrected chi connectivity index (χ2v) is 5.43. The average Bonchev–Trinajstić information content (AvgIpc) is 2.41. The van der Waals surface area contributed by atoms with Gasteiger partial charge in [-0.15, -0.1) is 0 Å². The van der Waals surface area contributed by atoms with Gasteiger partial charge < -0.3 is 5.32 Å². The molecule has 2 aromatic rings. The third kappa shape index (κ3) is 3.14. The summed E-state index contributed by atoms with van der Waals surface area (Å²) in [6, 6.07) is 12.5. The quantitative estimate of drug-likeness (QED) is 0.856. The van der Waals surface area contributed by atoms with E-state index in [1.165, 1.54) is 6.92 Å². The monoisotopic (exact) mass is 331 g/mol. The van der Waals surface area contributed by atoms with Crippen LogP contribution < -0.4 is 5.32 Å². The van der Waals surface area contributed by atoms with Crippen molar-refractivity contribution in [1.29, 1.82) is 0 Å². The number of carbonyl (C=O) groups excluding carboxylic acids is 2. The third-order valence-electron chi connectivity index (χ3n) is 3.00. The van der Waals surface area contributed by atoms with E-state index in [0.717, 1.165) is 10.0 Å². The highest BCUT2D eigenvalue weighted by Crippen LogP contribution is 2.20. The van der Waals surface area contributed by atoms with Crippen molar-refractivity contribution in [3.8, 4) is 0 Å². The molecule has 0 saturated carbocycles. The van der Waals surface area contributed by atoms with Crippen molar-refractivity contribution < 1.29 is 9.59 Å². The van der Waals surface area contributed by atoms with Crippen LogP contribution in [0.4, 0.5) is 5.69 Å². The first-order valence-electron chi connectivity index (χ1n) is 6.16. The predicted octanol–water partition coefficient (Wildman–Crippen LogP) is 4.21. The van der Waals surface area contributed by atoms with Gasteiger partial charge in [-0.1, -0.05) is 34.1 Å². The first kappa shape index (κ1) is 14.5. The Kier molecular flexibility index (Phi) is 4.35. The van der Waals surface area contributed by atoms with Crippen molar-refractivity contribution in [2.45, 2.75) is 13.8 Å². The maximum Gasteiger partial charge on any atom is 0.255 e. The second kappa shape index (κ2) is 6.01. The van der Waals surface area contributed by atoms with Crippen LogP contribution >= 0.6 is 15.9 Å². The first-order chi connectivity index (χ1) is 9.49. The second-order valence-electron chi connectivity index (χ2n) is 4.52. The Morgan fingerprint density at radius 1 is 1.05 bits per heavy atom. The molecule has 0 atom stereocenters. The van der Waals surface area contributed by atoms with Crippen LogP contribution in [0.2, 0.25) is 0 Å². The third-order valence-corrected chi connectivity index (χ3v) is 3.49.